The Hall–Kier alpha value is -2.25. The maximum Gasteiger partial charge on any atom is 0.256 e. The van der Waals surface area contributed by atoms with Crippen molar-refractivity contribution in [2.24, 2.45) is 5.10 Å². The van der Waals surface area contributed by atoms with Crippen molar-refractivity contribution in [3.63, 3.8) is 0 Å². The predicted octanol–water partition coefficient (Wildman–Crippen LogP) is 0.708. The first-order valence-electron chi connectivity index (χ1n) is 8.47. The first-order valence-corrected chi connectivity index (χ1v) is 8.47. The van der Waals surface area contributed by atoms with Gasteiger partial charge in [0, 0.05) is 26.7 Å². The summed E-state index contributed by atoms with van der Waals surface area (Å²) in [6.07, 6.45) is 1.52. The number of hydrazone groups is 1. The summed E-state index contributed by atoms with van der Waals surface area (Å²) in [5.41, 5.74) is 1.97. The molecule has 2 rings (SSSR count). The quantitative estimate of drug-likeness (QED) is 0.668. The second-order valence-corrected chi connectivity index (χ2v) is 6.05. The summed E-state index contributed by atoms with van der Waals surface area (Å²) in [5, 5.41) is 8.72. The van der Waals surface area contributed by atoms with E-state index in [-0.39, 0.29) is 24.9 Å². The molecule has 0 radical (unpaired) electrons. The van der Waals surface area contributed by atoms with Crippen LogP contribution < -0.4 is 5.32 Å². The lowest BCUT2D eigenvalue weighted by Crippen LogP contribution is -2.41. The summed E-state index contributed by atoms with van der Waals surface area (Å²) in [4.78, 5) is 25.9. The number of ether oxygens (including phenoxy) is 1. The molecule has 2 amide bonds. The van der Waals surface area contributed by atoms with Crippen molar-refractivity contribution in [3.05, 3.63) is 35.9 Å². The van der Waals surface area contributed by atoms with Crippen LogP contribution in [-0.4, -0.2) is 74.4 Å². The number of nitrogens with one attached hydrogen (secondary N) is 1. The second kappa shape index (κ2) is 9.90. The molecular formula is C18H26N4O3. The first-order chi connectivity index (χ1) is 12.1. The highest BCUT2D eigenvalue weighted by Gasteiger charge is 2.22. The summed E-state index contributed by atoms with van der Waals surface area (Å²) >= 11 is 0. The fraction of sp³-hybridized carbons (Fsp3) is 0.500. The van der Waals surface area contributed by atoms with Gasteiger partial charge in [-0.1, -0.05) is 30.3 Å². The number of rotatable bonds is 9. The molecule has 25 heavy (non-hydrogen) atoms. The molecule has 1 aliphatic rings. The molecule has 0 unspecified atom stereocenters. The molecular weight excluding hydrogens is 320 g/mol. The average molecular weight is 346 g/mol. The van der Waals surface area contributed by atoms with E-state index in [1.165, 1.54) is 5.01 Å². The monoisotopic (exact) mass is 346 g/mol. The van der Waals surface area contributed by atoms with Crippen LogP contribution >= 0.6 is 0 Å². The number of amides is 2. The summed E-state index contributed by atoms with van der Waals surface area (Å²) in [6.45, 7) is 2.12. The Labute approximate surface area is 148 Å². The Balaban J connectivity index is 1.76. The summed E-state index contributed by atoms with van der Waals surface area (Å²) < 4.78 is 4.93. The van der Waals surface area contributed by atoms with Gasteiger partial charge in [-0.2, -0.15) is 5.10 Å². The Kier molecular flexibility index (Phi) is 7.56. The van der Waals surface area contributed by atoms with E-state index < -0.39 is 0 Å². The van der Waals surface area contributed by atoms with Crippen LogP contribution in [0, 0.1) is 0 Å². The first kappa shape index (κ1) is 19.1. The van der Waals surface area contributed by atoms with Gasteiger partial charge >= 0.3 is 0 Å². The van der Waals surface area contributed by atoms with Crippen LogP contribution in [0.1, 0.15) is 18.4 Å². The molecule has 1 aromatic rings. The molecule has 0 aromatic heterocycles. The Morgan fingerprint density at radius 2 is 2.04 bits per heavy atom. The molecule has 1 heterocycles. The molecule has 0 saturated carbocycles. The second-order valence-electron chi connectivity index (χ2n) is 6.05. The van der Waals surface area contributed by atoms with Gasteiger partial charge in [-0.15, -0.1) is 0 Å². The summed E-state index contributed by atoms with van der Waals surface area (Å²) in [7, 11) is 3.38. The van der Waals surface area contributed by atoms with Crippen LogP contribution in [0.25, 0.3) is 0 Å². The van der Waals surface area contributed by atoms with E-state index in [1.807, 2.05) is 30.3 Å². The lowest BCUT2D eigenvalue weighted by Gasteiger charge is -2.18. The lowest BCUT2D eigenvalue weighted by atomic mass is 10.1. The third-order valence-electron chi connectivity index (χ3n) is 3.86. The number of hydrogen-bond acceptors (Lipinski definition) is 5. The molecule has 1 aromatic carbocycles. The smallest absolute Gasteiger partial charge is 0.256 e. The van der Waals surface area contributed by atoms with Crippen LogP contribution in [0.5, 0.6) is 0 Å². The maximum atomic E-state index is 12.3. The molecule has 0 fully saturated rings. The number of carbonyl (C=O) groups is 2. The number of benzene rings is 1. The summed E-state index contributed by atoms with van der Waals surface area (Å²) in [6, 6.07) is 9.86. The van der Waals surface area contributed by atoms with Gasteiger partial charge in [0.2, 0.25) is 5.91 Å². The van der Waals surface area contributed by atoms with Crippen molar-refractivity contribution in [1.29, 1.82) is 0 Å². The zero-order valence-corrected chi connectivity index (χ0v) is 14.9. The zero-order chi connectivity index (χ0) is 18.1. The van der Waals surface area contributed by atoms with Gasteiger partial charge in [0.1, 0.15) is 0 Å². The van der Waals surface area contributed by atoms with Crippen molar-refractivity contribution < 1.29 is 14.3 Å². The number of methoxy groups -OCH3 is 1. The minimum absolute atomic E-state index is 0.0960. The lowest BCUT2D eigenvalue weighted by molar-refractivity contribution is -0.132. The van der Waals surface area contributed by atoms with Crippen LogP contribution in [-0.2, 0) is 14.3 Å². The highest BCUT2D eigenvalue weighted by molar-refractivity contribution is 6.02. The Morgan fingerprint density at radius 1 is 1.28 bits per heavy atom. The molecule has 136 valence electrons. The van der Waals surface area contributed by atoms with Gasteiger partial charge in [0.25, 0.3) is 5.91 Å². The fourth-order valence-corrected chi connectivity index (χ4v) is 2.58. The number of carbonyl (C=O) groups excluding carboxylic acids is 2. The maximum absolute atomic E-state index is 12.3. The van der Waals surface area contributed by atoms with E-state index >= 15 is 0 Å². The highest BCUT2D eigenvalue weighted by atomic mass is 16.5. The van der Waals surface area contributed by atoms with E-state index in [4.69, 9.17) is 4.74 Å². The predicted molar refractivity (Wildman–Crippen MR) is 96.3 cm³/mol. The van der Waals surface area contributed by atoms with Gasteiger partial charge in [-0.3, -0.25) is 14.5 Å². The van der Waals surface area contributed by atoms with Gasteiger partial charge in [0.15, 0.2) is 0 Å². The molecule has 0 atom stereocenters. The van der Waals surface area contributed by atoms with Gasteiger partial charge in [0.05, 0.1) is 25.3 Å². The van der Waals surface area contributed by atoms with Crippen LogP contribution in [0.3, 0.4) is 0 Å². The Morgan fingerprint density at radius 3 is 2.76 bits per heavy atom. The van der Waals surface area contributed by atoms with Gasteiger partial charge in [-0.05, 0) is 19.0 Å². The van der Waals surface area contributed by atoms with Crippen molar-refractivity contribution in [2.75, 3.05) is 46.9 Å². The average Bonchev–Trinajstić information content (AvgIpc) is 3.09. The van der Waals surface area contributed by atoms with E-state index in [9.17, 15) is 9.59 Å². The number of hydrogen-bond donors (Lipinski definition) is 1. The van der Waals surface area contributed by atoms with Gasteiger partial charge in [-0.25, -0.2) is 5.01 Å². The molecule has 1 aliphatic heterocycles. The SMILES string of the molecule is COCCCNC(=O)CN(C)CC(=O)N1CCC(c2ccccc2)=N1. The topological polar surface area (TPSA) is 74.2 Å². The van der Waals surface area contributed by atoms with Crippen molar-refractivity contribution in [2.45, 2.75) is 12.8 Å². The fourth-order valence-electron chi connectivity index (χ4n) is 2.58. The molecule has 0 aliphatic carbocycles. The molecule has 0 saturated heterocycles. The van der Waals surface area contributed by atoms with E-state index in [2.05, 4.69) is 10.4 Å². The van der Waals surface area contributed by atoms with Crippen LogP contribution in [0.4, 0.5) is 0 Å². The van der Waals surface area contributed by atoms with E-state index in [0.717, 1.165) is 24.1 Å². The highest BCUT2D eigenvalue weighted by Crippen LogP contribution is 2.13. The standard InChI is InChI=1S/C18H26N4O3/c1-21(13-17(23)19-10-6-12-25-2)14-18(24)22-11-9-16(20-22)15-7-4-3-5-8-15/h3-5,7-8H,6,9-14H2,1-2H3,(H,19,23). The molecule has 7 heteroatoms. The van der Waals surface area contributed by atoms with Gasteiger partial charge < -0.3 is 10.1 Å². The number of nitrogens with zero attached hydrogens (tertiary/aromatic N) is 3. The normalized spacial score (nSPS) is 13.9. The molecule has 7 nitrogen and oxygen atoms in total. The molecule has 0 bridgehead atoms. The van der Waals surface area contributed by atoms with Crippen molar-refractivity contribution >= 4 is 17.5 Å². The number of likely N-dealkylation sites (N-methyl/N-ethyl adjacent to an activating group) is 1. The molecule has 1 N–H and O–H groups in total. The summed E-state index contributed by atoms with van der Waals surface area (Å²) in [5.74, 6) is -0.193. The van der Waals surface area contributed by atoms with Crippen molar-refractivity contribution in [1.82, 2.24) is 15.2 Å². The third kappa shape index (κ3) is 6.28. The third-order valence-corrected chi connectivity index (χ3v) is 3.86. The van der Waals surface area contributed by atoms with Crippen LogP contribution in [0.15, 0.2) is 35.4 Å². The molecule has 0 spiro atoms. The largest absolute Gasteiger partial charge is 0.385 e. The zero-order valence-electron chi connectivity index (χ0n) is 14.9. The Bertz CT molecular complexity index is 604. The van der Waals surface area contributed by atoms with E-state index in [1.54, 1.807) is 19.1 Å². The minimum atomic E-state index is -0.0967. The van der Waals surface area contributed by atoms with Crippen molar-refractivity contribution in [3.8, 4) is 0 Å². The minimum Gasteiger partial charge on any atom is -0.385 e. The van der Waals surface area contributed by atoms with E-state index in [0.29, 0.717) is 19.7 Å². The van der Waals surface area contributed by atoms with Crippen LogP contribution in [0.2, 0.25) is 0 Å².